The molecule has 0 saturated heterocycles. The van der Waals surface area contributed by atoms with E-state index in [0.29, 0.717) is 13.1 Å². The zero-order valence-corrected chi connectivity index (χ0v) is 11.4. The van der Waals surface area contributed by atoms with Crippen molar-refractivity contribution in [2.75, 3.05) is 14.2 Å². The molecule has 2 aromatic rings. The van der Waals surface area contributed by atoms with Gasteiger partial charge in [-0.2, -0.15) is 0 Å². The van der Waals surface area contributed by atoms with Crippen molar-refractivity contribution in [3.05, 3.63) is 41.3 Å². The molecule has 1 aromatic heterocycles. The lowest BCUT2D eigenvalue weighted by Gasteiger charge is -2.12. The van der Waals surface area contributed by atoms with Crippen LogP contribution < -0.4 is 14.8 Å². The average Bonchev–Trinajstić information content (AvgIpc) is 2.84. The molecule has 0 bridgehead atoms. The molecule has 0 radical (unpaired) electrons. The van der Waals surface area contributed by atoms with E-state index in [1.807, 2.05) is 31.2 Å². The lowest BCUT2D eigenvalue weighted by molar-refractivity contribution is 0.350. The van der Waals surface area contributed by atoms with E-state index >= 15 is 0 Å². The molecule has 0 aliphatic rings. The molecule has 0 saturated carbocycles. The van der Waals surface area contributed by atoms with Crippen molar-refractivity contribution in [2.45, 2.75) is 20.0 Å². The Bertz CT molecular complexity index is 537. The zero-order valence-electron chi connectivity index (χ0n) is 11.4. The lowest BCUT2D eigenvalue weighted by atomic mass is 10.2. The standard InChI is InChI=1S/C14H18N2O3/c1-10-7-12(16-19-10)9-15-8-11-5-4-6-13(17-2)14(11)18-3/h4-7,15H,8-9H2,1-3H3. The summed E-state index contributed by atoms with van der Waals surface area (Å²) in [5.41, 5.74) is 1.93. The fourth-order valence-corrected chi connectivity index (χ4v) is 1.92. The number of para-hydroxylation sites is 1. The Balaban J connectivity index is 1.99. The smallest absolute Gasteiger partial charge is 0.165 e. The summed E-state index contributed by atoms with van der Waals surface area (Å²) in [7, 11) is 3.27. The van der Waals surface area contributed by atoms with Crippen LogP contribution in [0.2, 0.25) is 0 Å². The van der Waals surface area contributed by atoms with E-state index in [9.17, 15) is 0 Å². The highest BCUT2D eigenvalue weighted by Crippen LogP contribution is 2.30. The predicted molar refractivity (Wildman–Crippen MR) is 71.3 cm³/mol. The van der Waals surface area contributed by atoms with Crippen molar-refractivity contribution in [3.63, 3.8) is 0 Å². The van der Waals surface area contributed by atoms with Gasteiger partial charge in [0.05, 0.1) is 19.9 Å². The number of nitrogens with zero attached hydrogens (tertiary/aromatic N) is 1. The second kappa shape index (κ2) is 6.24. The van der Waals surface area contributed by atoms with Crippen molar-refractivity contribution >= 4 is 0 Å². The third kappa shape index (κ3) is 3.26. The Labute approximate surface area is 112 Å². The number of hydrogen-bond donors (Lipinski definition) is 1. The number of nitrogens with one attached hydrogen (secondary N) is 1. The van der Waals surface area contributed by atoms with Gasteiger partial charge in [0.1, 0.15) is 5.76 Å². The van der Waals surface area contributed by atoms with Crippen LogP contribution in [0.3, 0.4) is 0 Å². The van der Waals surface area contributed by atoms with Gasteiger partial charge in [0.25, 0.3) is 0 Å². The quantitative estimate of drug-likeness (QED) is 0.865. The molecule has 1 aromatic carbocycles. The van der Waals surface area contributed by atoms with Crippen LogP contribution in [-0.2, 0) is 13.1 Å². The Morgan fingerprint density at radius 3 is 2.68 bits per heavy atom. The number of ether oxygens (including phenoxy) is 2. The second-order valence-electron chi connectivity index (χ2n) is 4.19. The van der Waals surface area contributed by atoms with E-state index < -0.39 is 0 Å². The number of methoxy groups -OCH3 is 2. The van der Waals surface area contributed by atoms with Gasteiger partial charge in [-0.15, -0.1) is 0 Å². The summed E-state index contributed by atoms with van der Waals surface area (Å²) in [5, 5.41) is 7.23. The maximum absolute atomic E-state index is 5.38. The van der Waals surface area contributed by atoms with Gasteiger partial charge < -0.3 is 19.3 Å². The summed E-state index contributed by atoms with van der Waals surface area (Å²) in [6.45, 7) is 3.20. The number of rotatable bonds is 6. The van der Waals surface area contributed by atoms with Gasteiger partial charge >= 0.3 is 0 Å². The number of aromatic nitrogens is 1. The molecule has 1 heterocycles. The van der Waals surface area contributed by atoms with Crippen molar-refractivity contribution < 1.29 is 14.0 Å². The van der Waals surface area contributed by atoms with Crippen molar-refractivity contribution in [1.82, 2.24) is 10.5 Å². The Kier molecular flexibility index (Phi) is 4.41. The summed E-state index contributed by atoms with van der Waals surface area (Å²) in [4.78, 5) is 0. The molecule has 0 unspecified atom stereocenters. The fraction of sp³-hybridized carbons (Fsp3) is 0.357. The van der Waals surface area contributed by atoms with Crippen LogP contribution in [0.5, 0.6) is 11.5 Å². The molecule has 0 aliphatic heterocycles. The molecule has 102 valence electrons. The van der Waals surface area contributed by atoms with Gasteiger partial charge in [0, 0.05) is 24.7 Å². The summed E-state index contributed by atoms with van der Waals surface area (Å²) in [5.74, 6) is 2.31. The molecule has 1 N–H and O–H groups in total. The van der Waals surface area contributed by atoms with Crippen molar-refractivity contribution in [3.8, 4) is 11.5 Å². The first-order chi connectivity index (χ1) is 9.24. The van der Waals surface area contributed by atoms with Gasteiger partial charge in [-0.25, -0.2) is 0 Å². The highest BCUT2D eigenvalue weighted by Gasteiger charge is 2.09. The summed E-state index contributed by atoms with van der Waals surface area (Å²) in [6, 6.07) is 7.74. The number of hydrogen-bond acceptors (Lipinski definition) is 5. The van der Waals surface area contributed by atoms with Gasteiger partial charge in [-0.3, -0.25) is 0 Å². The van der Waals surface area contributed by atoms with Crippen molar-refractivity contribution in [1.29, 1.82) is 0 Å². The minimum absolute atomic E-state index is 0.651. The molecule has 5 heteroatoms. The van der Waals surface area contributed by atoms with Crippen molar-refractivity contribution in [2.24, 2.45) is 0 Å². The first-order valence-corrected chi connectivity index (χ1v) is 6.07. The van der Waals surface area contributed by atoms with E-state index in [0.717, 1.165) is 28.5 Å². The zero-order chi connectivity index (χ0) is 13.7. The highest BCUT2D eigenvalue weighted by molar-refractivity contribution is 5.46. The van der Waals surface area contributed by atoms with E-state index in [1.54, 1.807) is 14.2 Å². The molecule has 0 aliphatic carbocycles. The Morgan fingerprint density at radius 1 is 1.21 bits per heavy atom. The number of aryl methyl sites for hydroxylation is 1. The molecule has 2 rings (SSSR count). The SMILES string of the molecule is COc1cccc(CNCc2cc(C)on2)c1OC. The molecule has 0 amide bonds. The minimum atomic E-state index is 0.651. The highest BCUT2D eigenvalue weighted by atomic mass is 16.5. The molecular weight excluding hydrogens is 244 g/mol. The average molecular weight is 262 g/mol. The summed E-state index contributed by atoms with van der Waals surface area (Å²) < 4.78 is 15.7. The largest absolute Gasteiger partial charge is 0.493 e. The molecule has 19 heavy (non-hydrogen) atoms. The van der Waals surface area contributed by atoms with Crippen LogP contribution in [0.25, 0.3) is 0 Å². The van der Waals surface area contributed by atoms with Crippen LogP contribution in [0.15, 0.2) is 28.8 Å². The van der Waals surface area contributed by atoms with Crippen LogP contribution in [0.1, 0.15) is 17.0 Å². The predicted octanol–water partition coefficient (Wildman–Crippen LogP) is 2.29. The third-order valence-corrected chi connectivity index (χ3v) is 2.78. The summed E-state index contributed by atoms with van der Waals surface area (Å²) in [6.07, 6.45) is 0. The normalized spacial score (nSPS) is 10.5. The second-order valence-corrected chi connectivity index (χ2v) is 4.19. The maximum Gasteiger partial charge on any atom is 0.165 e. The minimum Gasteiger partial charge on any atom is -0.493 e. The van der Waals surface area contributed by atoms with Gasteiger partial charge in [-0.05, 0) is 13.0 Å². The van der Waals surface area contributed by atoms with E-state index in [2.05, 4.69) is 10.5 Å². The maximum atomic E-state index is 5.38. The van der Waals surface area contributed by atoms with Gasteiger partial charge in [-0.1, -0.05) is 17.3 Å². The molecule has 5 nitrogen and oxygen atoms in total. The molecule has 0 fully saturated rings. The molecule has 0 atom stereocenters. The topological polar surface area (TPSA) is 56.5 Å². The third-order valence-electron chi connectivity index (χ3n) is 2.78. The number of benzene rings is 1. The van der Waals surface area contributed by atoms with E-state index in [1.165, 1.54) is 0 Å². The Hall–Kier alpha value is -2.01. The fourth-order valence-electron chi connectivity index (χ4n) is 1.92. The first kappa shape index (κ1) is 13.4. The molecular formula is C14H18N2O3. The van der Waals surface area contributed by atoms with Gasteiger partial charge in [0.15, 0.2) is 11.5 Å². The first-order valence-electron chi connectivity index (χ1n) is 6.07. The van der Waals surface area contributed by atoms with Gasteiger partial charge in [0.2, 0.25) is 0 Å². The van der Waals surface area contributed by atoms with E-state index in [-0.39, 0.29) is 0 Å². The van der Waals surface area contributed by atoms with Crippen LogP contribution >= 0.6 is 0 Å². The summed E-state index contributed by atoms with van der Waals surface area (Å²) >= 11 is 0. The monoisotopic (exact) mass is 262 g/mol. The lowest BCUT2D eigenvalue weighted by Crippen LogP contribution is -2.13. The van der Waals surface area contributed by atoms with Crippen LogP contribution in [-0.4, -0.2) is 19.4 Å². The van der Waals surface area contributed by atoms with Crippen LogP contribution in [0.4, 0.5) is 0 Å². The molecule has 0 spiro atoms. The van der Waals surface area contributed by atoms with E-state index in [4.69, 9.17) is 14.0 Å². The van der Waals surface area contributed by atoms with Crippen LogP contribution in [0, 0.1) is 6.92 Å². The Morgan fingerprint density at radius 2 is 2.05 bits per heavy atom.